The van der Waals surface area contributed by atoms with Crippen LogP contribution >= 0.6 is 0 Å². The van der Waals surface area contributed by atoms with E-state index in [2.05, 4.69) is 10.3 Å². The number of hydrogen-bond donors (Lipinski definition) is 2. The molecule has 1 aromatic heterocycles. The predicted molar refractivity (Wildman–Crippen MR) is 76.1 cm³/mol. The summed E-state index contributed by atoms with van der Waals surface area (Å²) in [7, 11) is 3.04. The molecular formula is C14H15N3O3. The summed E-state index contributed by atoms with van der Waals surface area (Å²) < 4.78 is 10.3. The third-order valence-corrected chi connectivity index (χ3v) is 2.74. The van der Waals surface area contributed by atoms with Crippen molar-refractivity contribution >= 4 is 17.4 Å². The first kappa shape index (κ1) is 13.7. The van der Waals surface area contributed by atoms with Gasteiger partial charge in [-0.05, 0) is 24.3 Å². The molecule has 20 heavy (non-hydrogen) atoms. The fraction of sp³-hybridized carbons (Fsp3) is 0.143. The van der Waals surface area contributed by atoms with Crippen LogP contribution in [-0.2, 0) is 0 Å². The molecule has 0 saturated carbocycles. The van der Waals surface area contributed by atoms with Crippen molar-refractivity contribution < 1.29 is 14.3 Å². The van der Waals surface area contributed by atoms with Crippen LogP contribution in [0.2, 0.25) is 0 Å². The molecule has 0 fully saturated rings. The maximum atomic E-state index is 12.2. The lowest BCUT2D eigenvalue weighted by Gasteiger charge is -2.11. The Hall–Kier alpha value is -2.76. The van der Waals surface area contributed by atoms with E-state index in [4.69, 9.17) is 15.2 Å². The highest BCUT2D eigenvalue weighted by Gasteiger charge is 2.14. The molecule has 1 aromatic carbocycles. The van der Waals surface area contributed by atoms with Crippen molar-refractivity contribution in [3.8, 4) is 11.5 Å². The number of carbonyl (C=O) groups is 1. The van der Waals surface area contributed by atoms with Gasteiger partial charge in [-0.15, -0.1) is 0 Å². The van der Waals surface area contributed by atoms with Crippen LogP contribution in [-0.4, -0.2) is 25.1 Å². The van der Waals surface area contributed by atoms with Crippen LogP contribution in [0, 0.1) is 0 Å². The minimum absolute atomic E-state index is 0.258. The van der Waals surface area contributed by atoms with Crippen molar-refractivity contribution in [3.63, 3.8) is 0 Å². The summed E-state index contributed by atoms with van der Waals surface area (Å²) in [5, 5.41) is 2.69. The van der Waals surface area contributed by atoms with Gasteiger partial charge in [-0.1, -0.05) is 0 Å². The second kappa shape index (κ2) is 5.92. The number of amides is 1. The summed E-state index contributed by atoms with van der Waals surface area (Å²) in [4.78, 5) is 16.1. The number of aromatic nitrogens is 1. The first-order valence-electron chi connectivity index (χ1n) is 5.89. The van der Waals surface area contributed by atoms with E-state index in [-0.39, 0.29) is 11.7 Å². The number of nitrogens with zero attached hydrogens (tertiary/aromatic N) is 1. The van der Waals surface area contributed by atoms with Gasteiger partial charge in [0.05, 0.1) is 25.5 Å². The van der Waals surface area contributed by atoms with Crippen molar-refractivity contribution in [2.45, 2.75) is 0 Å². The SMILES string of the molecule is COc1ccc(C(=O)Nc2cccnc2N)c(OC)c1. The van der Waals surface area contributed by atoms with Gasteiger partial charge in [0.15, 0.2) is 0 Å². The molecule has 0 saturated heterocycles. The van der Waals surface area contributed by atoms with E-state index in [1.807, 2.05) is 0 Å². The fourth-order valence-electron chi connectivity index (χ4n) is 1.70. The van der Waals surface area contributed by atoms with Gasteiger partial charge in [0.2, 0.25) is 0 Å². The van der Waals surface area contributed by atoms with Gasteiger partial charge in [-0.25, -0.2) is 4.98 Å². The zero-order chi connectivity index (χ0) is 14.5. The van der Waals surface area contributed by atoms with Crippen molar-refractivity contribution in [1.29, 1.82) is 0 Å². The Morgan fingerprint density at radius 3 is 2.70 bits per heavy atom. The minimum atomic E-state index is -0.329. The van der Waals surface area contributed by atoms with Crippen LogP contribution in [0.25, 0.3) is 0 Å². The van der Waals surface area contributed by atoms with Crippen LogP contribution in [0.5, 0.6) is 11.5 Å². The van der Waals surface area contributed by atoms with Gasteiger partial charge in [-0.2, -0.15) is 0 Å². The lowest BCUT2D eigenvalue weighted by atomic mass is 10.1. The highest BCUT2D eigenvalue weighted by atomic mass is 16.5. The van der Waals surface area contributed by atoms with E-state index in [0.29, 0.717) is 22.7 Å². The van der Waals surface area contributed by atoms with Crippen LogP contribution < -0.4 is 20.5 Å². The number of hydrogen-bond acceptors (Lipinski definition) is 5. The number of nitrogen functional groups attached to an aromatic ring is 1. The molecule has 6 nitrogen and oxygen atoms in total. The Kier molecular flexibility index (Phi) is 4.05. The molecule has 0 aliphatic heterocycles. The Morgan fingerprint density at radius 1 is 1.25 bits per heavy atom. The van der Waals surface area contributed by atoms with Gasteiger partial charge in [0, 0.05) is 12.3 Å². The first-order chi connectivity index (χ1) is 9.65. The number of methoxy groups -OCH3 is 2. The molecule has 0 aliphatic carbocycles. The lowest BCUT2D eigenvalue weighted by molar-refractivity contribution is 0.102. The molecule has 1 amide bonds. The number of ether oxygens (including phenoxy) is 2. The summed E-state index contributed by atoms with van der Waals surface area (Å²) in [5.74, 6) is 0.959. The second-order valence-electron chi connectivity index (χ2n) is 3.96. The van der Waals surface area contributed by atoms with Crippen LogP contribution in [0.1, 0.15) is 10.4 Å². The molecule has 0 unspecified atom stereocenters. The number of nitrogens with one attached hydrogen (secondary N) is 1. The number of nitrogens with two attached hydrogens (primary N) is 1. The van der Waals surface area contributed by atoms with Crippen LogP contribution in [0.15, 0.2) is 36.5 Å². The summed E-state index contributed by atoms with van der Waals surface area (Å²) in [6.45, 7) is 0. The van der Waals surface area contributed by atoms with E-state index >= 15 is 0 Å². The van der Waals surface area contributed by atoms with E-state index in [1.54, 1.807) is 43.6 Å². The van der Waals surface area contributed by atoms with Crippen molar-refractivity contribution in [2.24, 2.45) is 0 Å². The molecule has 0 radical (unpaired) electrons. The second-order valence-corrected chi connectivity index (χ2v) is 3.96. The third kappa shape index (κ3) is 2.80. The number of anilines is 2. The average molecular weight is 273 g/mol. The normalized spacial score (nSPS) is 9.90. The molecule has 0 bridgehead atoms. The largest absolute Gasteiger partial charge is 0.497 e. The van der Waals surface area contributed by atoms with Crippen molar-refractivity contribution in [2.75, 3.05) is 25.3 Å². The Balaban J connectivity index is 2.27. The molecule has 0 aliphatic rings. The summed E-state index contributed by atoms with van der Waals surface area (Å²) >= 11 is 0. The van der Waals surface area contributed by atoms with Gasteiger partial charge < -0.3 is 20.5 Å². The van der Waals surface area contributed by atoms with Crippen molar-refractivity contribution in [3.05, 3.63) is 42.1 Å². The van der Waals surface area contributed by atoms with E-state index in [1.165, 1.54) is 7.11 Å². The molecule has 0 atom stereocenters. The topological polar surface area (TPSA) is 86.5 Å². The minimum Gasteiger partial charge on any atom is -0.497 e. The highest BCUT2D eigenvalue weighted by molar-refractivity contribution is 6.07. The van der Waals surface area contributed by atoms with E-state index in [0.717, 1.165) is 0 Å². The maximum absolute atomic E-state index is 12.2. The smallest absolute Gasteiger partial charge is 0.259 e. The Labute approximate surface area is 116 Å². The molecule has 1 heterocycles. The molecular weight excluding hydrogens is 258 g/mol. The zero-order valence-electron chi connectivity index (χ0n) is 11.2. The molecule has 3 N–H and O–H groups in total. The summed E-state index contributed by atoms with van der Waals surface area (Å²) in [6.07, 6.45) is 1.55. The zero-order valence-corrected chi connectivity index (χ0v) is 11.2. The molecule has 2 rings (SSSR count). The standard InChI is InChI=1S/C14H15N3O3/c1-19-9-5-6-10(12(8-9)20-2)14(18)17-11-4-3-7-16-13(11)15/h3-8H,1-2H3,(H2,15,16)(H,17,18). The Bertz CT molecular complexity index is 629. The quantitative estimate of drug-likeness (QED) is 0.889. The molecule has 2 aromatic rings. The third-order valence-electron chi connectivity index (χ3n) is 2.74. The first-order valence-corrected chi connectivity index (χ1v) is 5.89. The molecule has 6 heteroatoms. The van der Waals surface area contributed by atoms with E-state index < -0.39 is 0 Å². The number of rotatable bonds is 4. The number of benzene rings is 1. The Morgan fingerprint density at radius 2 is 2.05 bits per heavy atom. The van der Waals surface area contributed by atoms with Gasteiger partial charge in [0.25, 0.3) is 5.91 Å². The number of pyridine rings is 1. The van der Waals surface area contributed by atoms with Crippen LogP contribution in [0.3, 0.4) is 0 Å². The summed E-state index contributed by atoms with van der Waals surface area (Å²) in [5.41, 5.74) is 6.53. The van der Waals surface area contributed by atoms with Gasteiger partial charge in [0.1, 0.15) is 17.3 Å². The molecule has 104 valence electrons. The molecule has 0 spiro atoms. The van der Waals surface area contributed by atoms with E-state index in [9.17, 15) is 4.79 Å². The fourth-order valence-corrected chi connectivity index (χ4v) is 1.70. The predicted octanol–water partition coefficient (Wildman–Crippen LogP) is 1.93. The van der Waals surface area contributed by atoms with Crippen molar-refractivity contribution in [1.82, 2.24) is 4.98 Å². The number of carbonyl (C=O) groups excluding carboxylic acids is 1. The highest BCUT2D eigenvalue weighted by Crippen LogP contribution is 2.26. The van der Waals surface area contributed by atoms with Crippen LogP contribution in [0.4, 0.5) is 11.5 Å². The monoisotopic (exact) mass is 273 g/mol. The van der Waals surface area contributed by atoms with Gasteiger partial charge >= 0.3 is 0 Å². The average Bonchev–Trinajstić information content (AvgIpc) is 2.48. The lowest BCUT2D eigenvalue weighted by Crippen LogP contribution is -2.14. The maximum Gasteiger partial charge on any atom is 0.259 e. The summed E-state index contributed by atoms with van der Waals surface area (Å²) in [6, 6.07) is 8.32. The van der Waals surface area contributed by atoms with Gasteiger partial charge in [-0.3, -0.25) is 4.79 Å².